The maximum atomic E-state index is 12.3. The molecule has 7 heteroatoms. The second-order valence-electron chi connectivity index (χ2n) is 4.82. The van der Waals surface area contributed by atoms with Crippen LogP contribution in [0.25, 0.3) is 0 Å². The topological polar surface area (TPSA) is 75.4 Å². The molecule has 1 aromatic heterocycles. The molecule has 0 fully saturated rings. The Labute approximate surface area is 123 Å². The summed E-state index contributed by atoms with van der Waals surface area (Å²) in [6.45, 7) is 6.97. The van der Waals surface area contributed by atoms with Gasteiger partial charge in [-0.2, -0.15) is 5.10 Å². The second kappa shape index (κ2) is 6.74. The average Bonchev–Trinajstić information content (AvgIpc) is 2.62. The molecule has 1 heterocycles. The van der Waals surface area contributed by atoms with Crippen molar-refractivity contribution in [3.8, 4) is 0 Å². The third-order valence-corrected chi connectivity index (χ3v) is 3.87. The highest BCUT2D eigenvalue weighted by molar-refractivity contribution is 6.31. The van der Waals surface area contributed by atoms with Gasteiger partial charge in [-0.05, 0) is 27.2 Å². The van der Waals surface area contributed by atoms with E-state index in [1.807, 2.05) is 13.8 Å². The molecule has 1 aromatic rings. The highest BCUT2D eigenvalue weighted by atomic mass is 35.5. The summed E-state index contributed by atoms with van der Waals surface area (Å²) in [5.41, 5.74) is 1.36. The van der Waals surface area contributed by atoms with Crippen LogP contribution in [0, 0.1) is 13.8 Å². The van der Waals surface area contributed by atoms with Crippen molar-refractivity contribution in [3.63, 3.8) is 0 Å². The van der Waals surface area contributed by atoms with Crippen LogP contribution in [0.5, 0.6) is 0 Å². The standard InChI is InChI=1S/C13H20ClN3O3/c1-5-8(2)16(7-12(19)20)11(18)6-17-10(4)13(14)9(3)15-17/h8H,5-7H2,1-4H3,(H,19,20)/t8-/m1/s1. The number of carboxylic acids is 1. The molecule has 1 atom stereocenters. The van der Waals surface area contributed by atoms with Gasteiger partial charge in [0.2, 0.25) is 5.91 Å². The zero-order valence-electron chi connectivity index (χ0n) is 12.2. The van der Waals surface area contributed by atoms with Crippen molar-refractivity contribution >= 4 is 23.5 Å². The van der Waals surface area contributed by atoms with Gasteiger partial charge in [0.25, 0.3) is 0 Å². The summed E-state index contributed by atoms with van der Waals surface area (Å²) in [6, 6.07) is -0.133. The van der Waals surface area contributed by atoms with Gasteiger partial charge < -0.3 is 10.0 Å². The lowest BCUT2D eigenvalue weighted by atomic mass is 10.2. The highest BCUT2D eigenvalue weighted by Crippen LogP contribution is 2.19. The smallest absolute Gasteiger partial charge is 0.323 e. The Morgan fingerprint density at radius 2 is 2.05 bits per heavy atom. The lowest BCUT2D eigenvalue weighted by Gasteiger charge is -2.27. The van der Waals surface area contributed by atoms with E-state index in [1.165, 1.54) is 9.58 Å². The number of rotatable bonds is 6. The predicted molar refractivity (Wildman–Crippen MR) is 75.8 cm³/mol. The summed E-state index contributed by atoms with van der Waals surface area (Å²) < 4.78 is 1.51. The van der Waals surface area contributed by atoms with E-state index in [-0.39, 0.29) is 25.0 Å². The Kier molecular flexibility index (Phi) is 5.56. The van der Waals surface area contributed by atoms with Gasteiger partial charge in [0.1, 0.15) is 13.1 Å². The first-order valence-corrected chi connectivity index (χ1v) is 6.86. The normalized spacial score (nSPS) is 12.2. The van der Waals surface area contributed by atoms with E-state index in [4.69, 9.17) is 16.7 Å². The molecule has 1 amide bonds. The van der Waals surface area contributed by atoms with Crippen LogP contribution < -0.4 is 0 Å². The van der Waals surface area contributed by atoms with Crippen molar-refractivity contribution in [2.75, 3.05) is 6.54 Å². The van der Waals surface area contributed by atoms with Crippen LogP contribution in [-0.4, -0.2) is 44.3 Å². The molecule has 112 valence electrons. The fourth-order valence-corrected chi connectivity index (χ4v) is 2.04. The molecule has 0 aliphatic carbocycles. The fourth-order valence-electron chi connectivity index (χ4n) is 1.90. The van der Waals surface area contributed by atoms with E-state index in [0.717, 1.165) is 0 Å². The minimum Gasteiger partial charge on any atom is -0.480 e. The van der Waals surface area contributed by atoms with Gasteiger partial charge in [0, 0.05) is 6.04 Å². The number of aryl methyl sites for hydroxylation is 1. The zero-order chi connectivity index (χ0) is 15.4. The number of aromatic nitrogens is 2. The first-order valence-electron chi connectivity index (χ1n) is 6.48. The minimum atomic E-state index is -1.02. The van der Waals surface area contributed by atoms with Crippen LogP contribution >= 0.6 is 11.6 Å². The molecule has 0 aliphatic heterocycles. The molecule has 20 heavy (non-hydrogen) atoms. The largest absolute Gasteiger partial charge is 0.480 e. The van der Waals surface area contributed by atoms with Crippen LogP contribution in [-0.2, 0) is 16.1 Å². The minimum absolute atomic E-state index is 0.00296. The monoisotopic (exact) mass is 301 g/mol. The molecular formula is C13H20ClN3O3. The number of carbonyl (C=O) groups is 2. The molecule has 0 aliphatic rings. The van der Waals surface area contributed by atoms with E-state index in [0.29, 0.717) is 22.8 Å². The Hall–Kier alpha value is -1.56. The summed E-state index contributed by atoms with van der Waals surface area (Å²) in [7, 11) is 0. The van der Waals surface area contributed by atoms with E-state index < -0.39 is 5.97 Å². The molecule has 0 aromatic carbocycles. The second-order valence-corrected chi connectivity index (χ2v) is 5.19. The highest BCUT2D eigenvalue weighted by Gasteiger charge is 2.23. The third-order valence-electron chi connectivity index (χ3n) is 3.33. The van der Waals surface area contributed by atoms with Crippen LogP contribution in [0.1, 0.15) is 31.7 Å². The number of hydrogen-bond donors (Lipinski definition) is 1. The maximum Gasteiger partial charge on any atom is 0.323 e. The van der Waals surface area contributed by atoms with E-state index in [9.17, 15) is 9.59 Å². The Bertz CT molecular complexity index is 513. The Morgan fingerprint density at radius 3 is 2.45 bits per heavy atom. The third kappa shape index (κ3) is 3.72. The van der Waals surface area contributed by atoms with Gasteiger partial charge in [-0.3, -0.25) is 14.3 Å². The van der Waals surface area contributed by atoms with Crippen LogP contribution in [0.3, 0.4) is 0 Å². The number of carboxylic acid groups (broad SMARTS) is 1. The van der Waals surface area contributed by atoms with E-state index >= 15 is 0 Å². The maximum absolute atomic E-state index is 12.3. The SMILES string of the molecule is CC[C@@H](C)N(CC(=O)O)C(=O)Cn1nc(C)c(Cl)c1C. The van der Waals surface area contributed by atoms with E-state index in [2.05, 4.69) is 5.10 Å². The van der Waals surface area contributed by atoms with Gasteiger partial charge in [-0.1, -0.05) is 18.5 Å². The zero-order valence-corrected chi connectivity index (χ0v) is 12.9. The van der Waals surface area contributed by atoms with Crippen molar-refractivity contribution in [2.45, 2.75) is 46.7 Å². The Balaban J connectivity index is 2.90. The van der Waals surface area contributed by atoms with Crippen molar-refractivity contribution in [1.82, 2.24) is 14.7 Å². The molecule has 0 unspecified atom stereocenters. The van der Waals surface area contributed by atoms with Gasteiger partial charge in [-0.15, -0.1) is 0 Å². The first kappa shape index (κ1) is 16.5. The lowest BCUT2D eigenvalue weighted by Crippen LogP contribution is -2.43. The quantitative estimate of drug-likeness (QED) is 0.870. The molecule has 0 spiro atoms. The molecular weight excluding hydrogens is 282 g/mol. The molecule has 0 saturated heterocycles. The van der Waals surface area contributed by atoms with Crippen LogP contribution in [0.4, 0.5) is 0 Å². The molecule has 0 radical (unpaired) electrons. The number of hydrogen-bond acceptors (Lipinski definition) is 3. The summed E-state index contributed by atoms with van der Waals surface area (Å²) >= 11 is 6.03. The van der Waals surface area contributed by atoms with Gasteiger partial charge in [0.15, 0.2) is 0 Å². The van der Waals surface area contributed by atoms with Crippen molar-refractivity contribution in [2.24, 2.45) is 0 Å². The summed E-state index contributed by atoms with van der Waals surface area (Å²) in [6.07, 6.45) is 0.691. The number of halogens is 1. The molecule has 0 saturated carbocycles. The molecule has 1 rings (SSSR count). The number of aliphatic carboxylic acids is 1. The van der Waals surface area contributed by atoms with Crippen molar-refractivity contribution in [3.05, 3.63) is 16.4 Å². The average molecular weight is 302 g/mol. The first-order chi connectivity index (χ1) is 9.27. The van der Waals surface area contributed by atoms with Gasteiger partial charge in [0.05, 0.1) is 16.4 Å². The summed E-state index contributed by atoms with van der Waals surface area (Å²) in [5, 5.41) is 13.6. The Morgan fingerprint density at radius 1 is 1.45 bits per heavy atom. The van der Waals surface area contributed by atoms with Crippen LogP contribution in [0.15, 0.2) is 0 Å². The fraction of sp³-hybridized carbons (Fsp3) is 0.615. The van der Waals surface area contributed by atoms with Crippen LogP contribution in [0.2, 0.25) is 5.02 Å². The number of carbonyl (C=O) groups excluding carboxylic acids is 1. The summed E-state index contributed by atoms with van der Waals surface area (Å²) in [4.78, 5) is 24.5. The molecule has 1 N–H and O–H groups in total. The van der Waals surface area contributed by atoms with Crippen molar-refractivity contribution in [1.29, 1.82) is 0 Å². The van der Waals surface area contributed by atoms with E-state index in [1.54, 1.807) is 13.8 Å². The predicted octanol–water partition coefficient (Wildman–Crippen LogP) is 1.87. The van der Waals surface area contributed by atoms with Gasteiger partial charge >= 0.3 is 5.97 Å². The number of amides is 1. The molecule has 0 bridgehead atoms. The number of nitrogens with zero attached hydrogens (tertiary/aromatic N) is 3. The summed E-state index contributed by atoms with van der Waals surface area (Å²) in [5.74, 6) is -1.30. The van der Waals surface area contributed by atoms with Crippen molar-refractivity contribution < 1.29 is 14.7 Å². The lowest BCUT2D eigenvalue weighted by molar-refractivity contribution is -0.146. The molecule has 6 nitrogen and oxygen atoms in total. The van der Waals surface area contributed by atoms with Gasteiger partial charge in [-0.25, -0.2) is 0 Å².